The van der Waals surface area contributed by atoms with E-state index in [1.165, 1.54) is 0 Å². The van der Waals surface area contributed by atoms with Gasteiger partial charge in [-0.15, -0.1) is 11.3 Å². The third-order valence-electron chi connectivity index (χ3n) is 3.89. The number of nitrogens with zero attached hydrogens (tertiary/aromatic N) is 3. The topological polar surface area (TPSA) is 62.4 Å². The molecule has 0 bridgehead atoms. The van der Waals surface area contributed by atoms with Gasteiger partial charge in [-0.3, -0.25) is 0 Å². The van der Waals surface area contributed by atoms with Crippen molar-refractivity contribution in [1.82, 2.24) is 9.97 Å². The Hall–Kier alpha value is -1.92. The lowest BCUT2D eigenvalue weighted by atomic mass is 10.2. The second kappa shape index (κ2) is 5.13. The Kier molecular flexibility index (Phi) is 3.12. The average Bonchev–Trinajstić information content (AvgIpc) is 3.25. The highest BCUT2D eigenvalue weighted by atomic mass is 32.1. The summed E-state index contributed by atoms with van der Waals surface area (Å²) in [4.78, 5) is 11.5. The molecule has 0 amide bonds. The Balaban J connectivity index is 1.87. The summed E-state index contributed by atoms with van der Waals surface area (Å²) in [5.41, 5.74) is 1.76. The van der Waals surface area contributed by atoms with Gasteiger partial charge in [0.05, 0.1) is 29.1 Å². The maximum absolute atomic E-state index is 9.51. The minimum absolute atomic E-state index is 0.116. The van der Waals surface area contributed by atoms with Gasteiger partial charge in [0.2, 0.25) is 5.95 Å². The minimum atomic E-state index is 0.116. The van der Waals surface area contributed by atoms with E-state index in [9.17, 15) is 5.11 Å². The van der Waals surface area contributed by atoms with Crippen LogP contribution in [-0.2, 0) is 0 Å². The van der Waals surface area contributed by atoms with Crippen LogP contribution < -0.4 is 4.90 Å². The third-order valence-corrected chi connectivity index (χ3v) is 4.80. The number of aromatic nitrogens is 2. The fraction of sp³-hybridized carbons (Fsp3) is 0.333. The molecule has 0 saturated carbocycles. The van der Waals surface area contributed by atoms with Gasteiger partial charge in [-0.05, 0) is 36.4 Å². The average molecular weight is 301 g/mol. The number of furan rings is 1. The number of aliphatic hydroxyl groups excluding tert-OH is 1. The van der Waals surface area contributed by atoms with Crippen LogP contribution in [0.5, 0.6) is 0 Å². The molecule has 0 aliphatic carbocycles. The van der Waals surface area contributed by atoms with Gasteiger partial charge >= 0.3 is 0 Å². The van der Waals surface area contributed by atoms with Crippen molar-refractivity contribution in [2.75, 3.05) is 18.1 Å². The molecule has 1 unspecified atom stereocenters. The van der Waals surface area contributed by atoms with Crippen molar-refractivity contribution in [2.45, 2.75) is 18.9 Å². The Morgan fingerprint density at radius 1 is 1.38 bits per heavy atom. The zero-order valence-electron chi connectivity index (χ0n) is 11.4. The van der Waals surface area contributed by atoms with Gasteiger partial charge in [-0.2, -0.15) is 0 Å². The molecule has 3 aromatic rings. The number of hydrogen-bond acceptors (Lipinski definition) is 6. The van der Waals surface area contributed by atoms with Gasteiger partial charge in [0, 0.05) is 6.54 Å². The van der Waals surface area contributed by atoms with Crippen molar-refractivity contribution in [3.63, 3.8) is 0 Å². The summed E-state index contributed by atoms with van der Waals surface area (Å²) < 4.78 is 6.55. The maximum Gasteiger partial charge on any atom is 0.226 e. The van der Waals surface area contributed by atoms with Crippen molar-refractivity contribution < 1.29 is 9.52 Å². The number of rotatable bonds is 3. The molecule has 6 heteroatoms. The lowest BCUT2D eigenvalue weighted by molar-refractivity contribution is 0.265. The highest BCUT2D eigenvalue weighted by Crippen LogP contribution is 2.33. The normalized spacial score (nSPS) is 18.7. The van der Waals surface area contributed by atoms with Crippen LogP contribution in [0, 0.1) is 0 Å². The smallest absolute Gasteiger partial charge is 0.226 e. The highest BCUT2D eigenvalue weighted by molar-refractivity contribution is 7.17. The Bertz CT molecular complexity index is 753. The summed E-state index contributed by atoms with van der Waals surface area (Å²) >= 11 is 1.62. The van der Waals surface area contributed by atoms with Crippen LogP contribution in [0.1, 0.15) is 12.8 Å². The molecule has 1 atom stereocenters. The lowest BCUT2D eigenvalue weighted by Gasteiger charge is -2.23. The van der Waals surface area contributed by atoms with E-state index in [1.807, 2.05) is 23.6 Å². The summed E-state index contributed by atoms with van der Waals surface area (Å²) in [6, 6.07) is 5.90. The first-order valence-electron chi connectivity index (χ1n) is 7.03. The van der Waals surface area contributed by atoms with Crippen LogP contribution >= 0.6 is 11.3 Å². The molecule has 1 fully saturated rings. The Morgan fingerprint density at radius 2 is 2.33 bits per heavy atom. The molecular weight excluding hydrogens is 286 g/mol. The van der Waals surface area contributed by atoms with Crippen LogP contribution in [0.25, 0.3) is 21.7 Å². The predicted octanol–water partition coefficient (Wildman–Crippen LogP) is 2.91. The number of thiophene rings is 1. The fourth-order valence-corrected chi connectivity index (χ4v) is 3.67. The van der Waals surface area contributed by atoms with Gasteiger partial charge in [-0.25, -0.2) is 9.97 Å². The molecule has 1 aliphatic heterocycles. The van der Waals surface area contributed by atoms with E-state index in [0.29, 0.717) is 5.95 Å². The standard InChI is InChI=1S/C15H15N3O2S/c19-9-10-3-1-6-18(10)15-16-11-5-8-21-14(11)13(17-15)12-4-2-7-20-12/h2,4-5,7-8,10,19H,1,3,6,9H2. The zero-order valence-corrected chi connectivity index (χ0v) is 12.2. The van der Waals surface area contributed by atoms with Gasteiger partial charge in [0.1, 0.15) is 5.69 Å². The second-order valence-corrected chi connectivity index (χ2v) is 6.07. The fourth-order valence-electron chi connectivity index (χ4n) is 2.85. The van der Waals surface area contributed by atoms with Crippen LogP contribution in [-0.4, -0.2) is 34.3 Å². The molecule has 5 nitrogen and oxygen atoms in total. The molecule has 0 radical (unpaired) electrons. The number of aliphatic hydroxyl groups is 1. The van der Waals surface area contributed by atoms with Crippen LogP contribution in [0.4, 0.5) is 5.95 Å². The second-order valence-electron chi connectivity index (χ2n) is 5.16. The molecule has 4 heterocycles. The summed E-state index contributed by atoms with van der Waals surface area (Å²) in [6.07, 6.45) is 3.70. The molecular formula is C15H15N3O2S. The van der Waals surface area contributed by atoms with Crippen molar-refractivity contribution >= 4 is 27.5 Å². The summed E-state index contributed by atoms with van der Waals surface area (Å²) in [5.74, 6) is 1.44. The van der Waals surface area contributed by atoms with E-state index in [4.69, 9.17) is 9.40 Å². The summed E-state index contributed by atoms with van der Waals surface area (Å²) in [5, 5.41) is 11.5. The first-order chi connectivity index (χ1) is 10.4. The summed E-state index contributed by atoms with van der Waals surface area (Å²) in [6.45, 7) is 1.03. The maximum atomic E-state index is 9.51. The van der Waals surface area contributed by atoms with E-state index >= 15 is 0 Å². The van der Waals surface area contributed by atoms with E-state index in [0.717, 1.165) is 41.1 Å². The number of anilines is 1. The van der Waals surface area contributed by atoms with Crippen LogP contribution in [0.2, 0.25) is 0 Å². The zero-order chi connectivity index (χ0) is 14.2. The first-order valence-corrected chi connectivity index (χ1v) is 7.91. The van der Waals surface area contributed by atoms with Crippen LogP contribution in [0.15, 0.2) is 34.3 Å². The van der Waals surface area contributed by atoms with Gasteiger partial charge in [0.25, 0.3) is 0 Å². The molecule has 0 aromatic carbocycles. The van der Waals surface area contributed by atoms with Gasteiger partial charge in [0.15, 0.2) is 5.76 Å². The lowest BCUT2D eigenvalue weighted by Crippen LogP contribution is -2.33. The summed E-state index contributed by atoms with van der Waals surface area (Å²) in [7, 11) is 0. The SMILES string of the molecule is OCC1CCCN1c1nc(-c2ccco2)c2sccc2n1. The third kappa shape index (κ3) is 2.11. The van der Waals surface area contributed by atoms with Crippen molar-refractivity contribution in [3.05, 3.63) is 29.8 Å². The van der Waals surface area contributed by atoms with Crippen molar-refractivity contribution in [1.29, 1.82) is 0 Å². The first kappa shape index (κ1) is 12.8. The largest absolute Gasteiger partial charge is 0.463 e. The molecule has 108 valence electrons. The highest BCUT2D eigenvalue weighted by Gasteiger charge is 2.27. The Morgan fingerprint density at radius 3 is 3.14 bits per heavy atom. The molecule has 1 saturated heterocycles. The monoisotopic (exact) mass is 301 g/mol. The van der Waals surface area contributed by atoms with Crippen molar-refractivity contribution in [3.8, 4) is 11.5 Å². The number of hydrogen-bond donors (Lipinski definition) is 1. The van der Waals surface area contributed by atoms with Gasteiger partial charge in [-0.1, -0.05) is 0 Å². The molecule has 0 spiro atoms. The molecule has 3 aromatic heterocycles. The van der Waals surface area contributed by atoms with E-state index in [-0.39, 0.29) is 12.6 Å². The number of fused-ring (bicyclic) bond motifs is 1. The molecule has 1 N–H and O–H groups in total. The van der Waals surface area contributed by atoms with E-state index < -0.39 is 0 Å². The quantitative estimate of drug-likeness (QED) is 0.806. The Labute approximate surface area is 125 Å². The van der Waals surface area contributed by atoms with E-state index in [2.05, 4.69) is 9.88 Å². The van der Waals surface area contributed by atoms with Crippen molar-refractivity contribution in [2.24, 2.45) is 0 Å². The van der Waals surface area contributed by atoms with Crippen LogP contribution in [0.3, 0.4) is 0 Å². The molecule has 1 aliphatic rings. The predicted molar refractivity (Wildman–Crippen MR) is 82.6 cm³/mol. The molecule has 21 heavy (non-hydrogen) atoms. The molecule has 4 rings (SSSR count). The minimum Gasteiger partial charge on any atom is -0.463 e. The van der Waals surface area contributed by atoms with Gasteiger partial charge < -0.3 is 14.4 Å². The van der Waals surface area contributed by atoms with E-state index in [1.54, 1.807) is 17.6 Å².